The molecule has 3 nitrogen and oxygen atoms in total. The van der Waals surface area contributed by atoms with Gasteiger partial charge in [-0.25, -0.2) is 4.98 Å². The van der Waals surface area contributed by atoms with Crippen molar-refractivity contribution in [3.8, 4) is 12.3 Å². The highest BCUT2D eigenvalue weighted by atomic mass is 15.1. The number of terminal acetylenes is 1. The molecule has 1 atom stereocenters. The highest BCUT2D eigenvalue weighted by Crippen LogP contribution is 2.14. The predicted molar refractivity (Wildman–Crippen MR) is 62.6 cm³/mol. The van der Waals surface area contributed by atoms with Crippen molar-refractivity contribution in [1.82, 2.24) is 9.97 Å². The van der Waals surface area contributed by atoms with Crippen LogP contribution in [0, 0.1) is 12.3 Å². The minimum Gasteiger partial charge on any atom is -0.342 e. The van der Waals surface area contributed by atoms with E-state index in [-0.39, 0.29) is 6.04 Å². The second kappa shape index (κ2) is 4.05. The van der Waals surface area contributed by atoms with Gasteiger partial charge in [0.1, 0.15) is 0 Å². The van der Waals surface area contributed by atoms with Crippen LogP contribution in [0.3, 0.4) is 0 Å². The largest absolute Gasteiger partial charge is 0.342 e. The molecule has 0 saturated carbocycles. The molecular formula is C12H13N3. The molecule has 0 radical (unpaired) electrons. The maximum absolute atomic E-state index is 5.37. The minimum atomic E-state index is 0.0329. The van der Waals surface area contributed by atoms with Crippen molar-refractivity contribution in [2.75, 3.05) is 5.32 Å². The molecule has 0 spiro atoms. The van der Waals surface area contributed by atoms with Crippen LogP contribution < -0.4 is 5.32 Å². The highest BCUT2D eigenvalue weighted by molar-refractivity contribution is 5.77. The molecule has 3 heteroatoms. The molecule has 15 heavy (non-hydrogen) atoms. The van der Waals surface area contributed by atoms with Crippen LogP contribution in [-0.2, 0) is 0 Å². The van der Waals surface area contributed by atoms with Gasteiger partial charge in [0.05, 0.1) is 17.1 Å². The second-order valence-electron chi connectivity index (χ2n) is 3.37. The van der Waals surface area contributed by atoms with E-state index in [0.717, 1.165) is 23.4 Å². The van der Waals surface area contributed by atoms with E-state index in [1.807, 2.05) is 31.2 Å². The Labute approximate surface area is 88.9 Å². The molecule has 0 amide bonds. The lowest BCUT2D eigenvalue weighted by Crippen LogP contribution is -2.16. The molecule has 2 aromatic rings. The Morgan fingerprint density at radius 1 is 1.53 bits per heavy atom. The zero-order valence-corrected chi connectivity index (χ0v) is 8.62. The number of aromatic nitrogens is 2. The number of hydrogen-bond donors (Lipinski definition) is 2. The summed E-state index contributed by atoms with van der Waals surface area (Å²) in [6.07, 6.45) is 6.25. The number of fused-ring (bicyclic) bond motifs is 1. The van der Waals surface area contributed by atoms with E-state index in [1.165, 1.54) is 0 Å². The van der Waals surface area contributed by atoms with Crippen LogP contribution in [-0.4, -0.2) is 16.0 Å². The molecule has 0 bridgehead atoms. The molecule has 1 heterocycles. The maximum atomic E-state index is 5.37. The molecule has 0 aliphatic heterocycles. The average Bonchev–Trinajstić information content (AvgIpc) is 2.68. The summed E-state index contributed by atoms with van der Waals surface area (Å²) >= 11 is 0. The third kappa shape index (κ3) is 1.94. The quantitative estimate of drug-likeness (QED) is 0.745. The summed E-state index contributed by atoms with van der Waals surface area (Å²) in [5.74, 6) is 3.41. The van der Waals surface area contributed by atoms with Crippen molar-refractivity contribution < 1.29 is 0 Å². The lowest BCUT2D eigenvalue weighted by atomic mass is 10.2. The van der Waals surface area contributed by atoms with Gasteiger partial charge in [-0.15, -0.1) is 6.42 Å². The number of hydrogen-bond acceptors (Lipinski definition) is 2. The van der Waals surface area contributed by atoms with Crippen LogP contribution in [0.4, 0.5) is 5.95 Å². The van der Waals surface area contributed by atoms with Crippen LogP contribution in [0.15, 0.2) is 24.3 Å². The Kier molecular flexibility index (Phi) is 2.59. The summed E-state index contributed by atoms with van der Waals surface area (Å²) in [5.41, 5.74) is 1.97. The average molecular weight is 199 g/mol. The molecule has 0 fully saturated rings. The zero-order chi connectivity index (χ0) is 10.7. The van der Waals surface area contributed by atoms with Crippen molar-refractivity contribution in [3.05, 3.63) is 24.3 Å². The zero-order valence-electron chi connectivity index (χ0n) is 8.62. The Morgan fingerprint density at radius 3 is 3.00 bits per heavy atom. The third-order valence-electron chi connectivity index (χ3n) is 2.31. The first-order valence-corrected chi connectivity index (χ1v) is 5.01. The van der Waals surface area contributed by atoms with Gasteiger partial charge in [-0.3, -0.25) is 0 Å². The van der Waals surface area contributed by atoms with E-state index < -0.39 is 0 Å². The number of para-hydroxylation sites is 2. The first-order chi connectivity index (χ1) is 7.33. The lowest BCUT2D eigenvalue weighted by Gasteiger charge is -2.07. The standard InChI is InChI=1S/C12H13N3/c1-3-9(4-2)13-12-14-10-7-5-6-8-11(10)15-12/h1,5-9H,4H2,2H3,(H2,13,14,15). The highest BCUT2D eigenvalue weighted by Gasteiger charge is 2.05. The first kappa shape index (κ1) is 9.60. The number of imidazole rings is 1. The summed E-state index contributed by atoms with van der Waals surface area (Å²) in [6, 6.07) is 7.93. The van der Waals surface area contributed by atoms with E-state index in [2.05, 4.69) is 21.2 Å². The van der Waals surface area contributed by atoms with Crippen LogP contribution in [0.1, 0.15) is 13.3 Å². The Hall–Kier alpha value is -1.95. The fourth-order valence-corrected chi connectivity index (χ4v) is 1.45. The normalized spacial score (nSPS) is 12.3. The molecule has 0 aliphatic rings. The number of nitrogens with one attached hydrogen (secondary N) is 2. The smallest absolute Gasteiger partial charge is 0.202 e. The van der Waals surface area contributed by atoms with Crippen LogP contribution >= 0.6 is 0 Å². The predicted octanol–water partition coefficient (Wildman–Crippen LogP) is 2.39. The van der Waals surface area contributed by atoms with Crippen molar-refractivity contribution in [3.63, 3.8) is 0 Å². The minimum absolute atomic E-state index is 0.0329. The van der Waals surface area contributed by atoms with Gasteiger partial charge in [0.15, 0.2) is 0 Å². The van der Waals surface area contributed by atoms with E-state index in [4.69, 9.17) is 6.42 Å². The van der Waals surface area contributed by atoms with Gasteiger partial charge >= 0.3 is 0 Å². The summed E-state index contributed by atoms with van der Waals surface area (Å²) in [7, 11) is 0. The van der Waals surface area contributed by atoms with E-state index in [1.54, 1.807) is 0 Å². The van der Waals surface area contributed by atoms with E-state index in [0.29, 0.717) is 0 Å². The first-order valence-electron chi connectivity index (χ1n) is 5.01. The van der Waals surface area contributed by atoms with E-state index in [9.17, 15) is 0 Å². The summed E-state index contributed by atoms with van der Waals surface area (Å²) in [6.45, 7) is 2.04. The van der Waals surface area contributed by atoms with Gasteiger partial charge in [-0.05, 0) is 18.6 Å². The molecule has 0 aliphatic carbocycles. The molecule has 1 aromatic carbocycles. The van der Waals surface area contributed by atoms with Gasteiger partial charge in [0.25, 0.3) is 0 Å². The van der Waals surface area contributed by atoms with Gasteiger partial charge in [0.2, 0.25) is 5.95 Å². The molecular weight excluding hydrogens is 186 g/mol. The number of aromatic amines is 1. The lowest BCUT2D eigenvalue weighted by molar-refractivity contribution is 0.847. The van der Waals surface area contributed by atoms with E-state index >= 15 is 0 Å². The summed E-state index contributed by atoms with van der Waals surface area (Å²) < 4.78 is 0. The fraction of sp³-hybridized carbons (Fsp3) is 0.250. The summed E-state index contributed by atoms with van der Waals surface area (Å²) in [4.78, 5) is 7.56. The van der Waals surface area contributed by atoms with Gasteiger partial charge in [-0.1, -0.05) is 25.0 Å². The number of nitrogens with zero attached hydrogens (tertiary/aromatic N) is 1. The van der Waals surface area contributed by atoms with Gasteiger partial charge in [-0.2, -0.15) is 0 Å². The summed E-state index contributed by atoms with van der Waals surface area (Å²) in [5, 5.41) is 3.16. The SMILES string of the molecule is C#CC(CC)Nc1nc2ccccc2[nH]1. The van der Waals surface area contributed by atoms with Crippen molar-refractivity contribution in [2.45, 2.75) is 19.4 Å². The number of rotatable bonds is 3. The Bertz CT molecular complexity index is 460. The van der Waals surface area contributed by atoms with Gasteiger partial charge in [0, 0.05) is 0 Å². The monoisotopic (exact) mass is 199 g/mol. The number of H-pyrrole nitrogens is 1. The van der Waals surface area contributed by atoms with Crippen molar-refractivity contribution in [2.24, 2.45) is 0 Å². The third-order valence-corrected chi connectivity index (χ3v) is 2.31. The topological polar surface area (TPSA) is 40.7 Å². The van der Waals surface area contributed by atoms with Crippen LogP contribution in [0.5, 0.6) is 0 Å². The Morgan fingerprint density at radius 2 is 2.33 bits per heavy atom. The molecule has 0 saturated heterocycles. The Balaban J connectivity index is 2.26. The molecule has 76 valence electrons. The van der Waals surface area contributed by atoms with Crippen molar-refractivity contribution in [1.29, 1.82) is 0 Å². The van der Waals surface area contributed by atoms with Crippen LogP contribution in [0.25, 0.3) is 11.0 Å². The fourth-order valence-electron chi connectivity index (χ4n) is 1.45. The molecule has 1 aromatic heterocycles. The van der Waals surface area contributed by atoms with Crippen LogP contribution in [0.2, 0.25) is 0 Å². The van der Waals surface area contributed by atoms with Gasteiger partial charge < -0.3 is 10.3 Å². The number of anilines is 1. The molecule has 2 rings (SSSR count). The molecule has 1 unspecified atom stereocenters. The maximum Gasteiger partial charge on any atom is 0.202 e. The number of benzene rings is 1. The second-order valence-corrected chi connectivity index (χ2v) is 3.37. The molecule has 2 N–H and O–H groups in total. The van der Waals surface area contributed by atoms with Crippen molar-refractivity contribution >= 4 is 17.0 Å².